The van der Waals surface area contributed by atoms with Gasteiger partial charge in [0.15, 0.2) is 23.7 Å². The molecule has 28 heavy (non-hydrogen) atoms. The molecule has 144 valence electrons. The third-order valence-electron chi connectivity index (χ3n) is 5.20. The summed E-state index contributed by atoms with van der Waals surface area (Å²) in [6, 6.07) is 13.3. The van der Waals surface area contributed by atoms with E-state index < -0.39 is 0 Å². The van der Waals surface area contributed by atoms with Crippen molar-refractivity contribution in [2.75, 3.05) is 27.3 Å². The van der Waals surface area contributed by atoms with Crippen molar-refractivity contribution in [2.45, 2.75) is 12.3 Å². The highest BCUT2D eigenvalue weighted by molar-refractivity contribution is 5.94. The average molecular weight is 378 g/mol. The second-order valence-corrected chi connectivity index (χ2v) is 6.76. The van der Waals surface area contributed by atoms with Crippen LogP contribution in [0.5, 0.6) is 11.5 Å². The van der Waals surface area contributed by atoms with E-state index in [0.717, 1.165) is 23.3 Å². The second-order valence-electron chi connectivity index (χ2n) is 6.76. The van der Waals surface area contributed by atoms with Gasteiger partial charge in [-0.25, -0.2) is 4.98 Å². The first-order valence-corrected chi connectivity index (χ1v) is 9.20. The van der Waals surface area contributed by atoms with Crippen LogP contribution in [0.15, 0.2) is 59.5 Å². The van der Waals surface area contributed by atoms with E-state index in [1.165, 1.54) is 6.39 Å². The van der Waals surface area contributed by atoms with Gasteiger partial charge < -0.3 is 18.8 Å². The van der Waals surface area contributed by atoms with Crippen LogP contribution in [-0.2, 0) is 0 Å². The summed E-state index contributed by atoms with van der Waals surface area (Å²) >= 11 is 0. The van der Waals surface area contributed by atoms with Gasteiger partial charge in [0, 0.05) is 35.7 Å². The molecule has 1 aliphatic rings. The van der Waals surface area contributed by atoms with Gasteiger partial charge in [0.05, 0.1) is 20.4 Å². The van der Waals surface area contributed by atoms with Gasteiger partial charge in [0.2, 0.25) is 0 Å². The lowest BCUT2D eigenvalue weighted by Gasteiger charge is -2.19. The lowest BCUT2D eigenvalue weighted by molar-refractivity contribution is 0.0790. The predicted molar refractivity (Wildman–Crippen MR) is 105 cm³/mol. The monoisotopic (exact) mass is 378 g/mol. The number of carbonyl (C=O) groups excluding carboxylic acids is 1. The second kappa shape index (κ2) is 7.76. The Morgan fingerprint density at radius 1 is 1.14 bits per heavy atom. The van der Waals surface area contributed by atoms with E-state index in [0.29, 0.717) is 30.2 Å². The summed E-state index contributed by atoms with van der Waals surface area (Å²) in [5.74, 6) is 2.41. The van der Waals surface area contributed by atoms with Crippen LogP contribution >= 0.6 is 0 Å². The van der Waals surface area contributed by atoms with Crippen LogP contribution in [-0.4, -0.2) is 43.1 Å². The van der Waals surface area contributed by atoms with Crippen molar-refractivity contribution >= 4 is 5.91 Å². The van der Waals surface area contributed by atoms with Gasteiger partial charge in [-0.05, 0) is 24.6 Å². The Hall–Kier alpha value is -3.28. The smallest absolute Gasteiger partial charge is 0.253 e. The fourth-order valence-electron chi connectivity index (χ4n) is 3.75. The number of oxazole rings is 1. The maximum atomic E-state index is 12.9. The molecule has 0 N–H and O–H groups in total. The van der Waals surface area contributed by atoms with Crippen LogP contribution in [0.1, 0.15) is 28.3 Å². The highest BCUT2D eigenvalue weighted by Crippen LogP contribution is 2.39. The summed E-state index contributed by atoms with van der Waals surface area (Å²) in [6.07, 6.45) is 3.94. The first-order valence-electron chi connectivity index (χ1n) is 9.20. The minimum Gasteiger partial charge on any atom is -0.493 e. The van der Waals surface area contributed by atoms with Gasteiger partial charge >= 0.3 is 0 Å². The SMILES string of the molecule is COc1cccc(C2CCN(C(=O)c3ccc(-c4cnco4)cc3)C2)c1OC. The molecule has 0 aliphatic carbocycles. The van der Waals surface area contributed by atoms with Crippen LogP contribution in [0.25, 0.3) is 11.3 Å². The molecule has 1 fully saturated rings. The largest absolute Gasteiger partial charge is 0.493 e. The van der Waals surface area contributed by atoms with Crippen molar-refractivity contribution < 1.29 is 18.7 Å². The molecule has 0 radical (unpaired) electrons. The van der Waals surface area contributed by atoms with E-state index >= 15 is 0 Å². The van der Waals surface area contributed by atoms with Crippen molar-refractivity contribution in [3.05, 3.63) is 66.2 Å². The first-order chi connectivity index (χ1) is 13.7. The molecule has 1 aliphatic heterocycles. The number of carbonyl (C=O) groups is 1. The lowest BCUT2D eigenvalue weighted by atomic mass is 9.97. The topological polar surface area (TPSA) is 64.8 Å². The molecule has 3 aromatic rings. The first kappa shape index (κ1) is 18.1. The lowest BCUT2D eigenvalue weighted by Crippen LogP contribution is -2.28. The number of amides is 1. The quantitative estimate of drug-likeness (QED) is 0.672. The number of para-hydroxylation sites is 1. The Balaban J connectivity index is 1.49. The minimum absolute atomic E-state index is 0.0356. The highest BCUT2D eigenvalue weighted by atomic mass is 16.5. The van der Waals surface area contributed by atoms with Crippen LogP contribution < -0.4 is 9.47 Å². The Morgan fingerprint density at radius 3 is 2.64 bits per heavy atom. The van der Waals surface area contributed by atoms with E-state index in [-0.39, 0.29) is 11.8 Å². The van der Waals surface area contributed by atoms with Gasteiger partial charge in [-0.2, -0.15) is 0 Å². The van der Waals surface area contributed by atoms with Crippen molar-refractivity contribution in [3.63, 3.8) is 0 Å². The molecule has 0 bridgehead atoms. The Kier molecular flexibility index (Phi) is 5.02. The summed E-state index contributed by atoms with van der Waals surface area (Å²) in [7, 11) is 3.28. The zero-order valence-electron chi connectivity index (χ0n) is 15.9. The normalized spacial score (nSPS) is 16.2. The van der Waals surface area contributed by atoms with Gasteiger partial charge in [-0.3, -0.25) is 4.79 Å². The summed E-state index contributed by atoms with van der Waals surface area (Å²) in [5, 5.41) is 0. The molecule has 6 heteroatoms. The van der Waals surface area contributed by atoms with E-state index in [4.69, 9.17) is 13.9 Å². The zero-order chi connectivity index (χ0) is 19.5. The average Bonchev–Trinajstić information content (AvgIpc) is 3.45. The number of likely N-dealkylation sites (tertiary alicyclic amines) is 1. The number of nitrogens with zero attached hydrogens (tertiary/aromatic N) is 2. The maximum Gasteiger partial charge on any atom is 0.253 e. The Labute approximate surface area is 163 Å². The third kappa shape index (κ3) is 3.33. The fourth-order valence-corrected chi connectivity index (χ4v) is 3.75. The van der Waals surface area contributed by atoms with E-state index in [9.17, 15) is 4.79 Å². The van der Waals surface area contributed by atoms with Gasteiger partial charge in [0.1, 0.15) is 0 Å². The molecule has 1 atom stereocenters. The molecule has 0 spiro atoms. The van der Waals surface area contributed by atoms with Crippen molar-refractivity contribution in [1.29, 1.82) is 0 Å². The molecule has 1 saturated heterocycles. The molecular formula is C22H22N2O4. The van der Waals surface area contributed by atoms with Crippen LogP contribution in [0.3, 0.4) is 0 Å². The number of hydrogen-bond acceptors (Lipinski definition) is 5. The number of ether oxygens (including phenoxy) is 2. The number of methoxy groups -OCH3 is 2. The molecule has 2 aromatic carbocycles. The van der Waals surface area contributed by atoms with Crippen molar-refractivity contribution in [1.82, 2.24) is 9.88 Å². The molecule has 6 nitrogen and oxygen atoms in total. The predicted octanol–water partition coefficient (Wildman–Crippen LogP) is 3.99. The van der Waals surface area contributed by atoms with Crippen molar-refractivity contribution in [2.24, 2.45) is 0 Å². The Bertz CT molecular complexity index is 951. The van der Waals surface area contributed by atoms with Gasteiger partial charge in [-0.1, -0.05) is 24.3 Å². The summed E-state index contributed by atoms with van der Waals surface area (Å²) in [5.41, 5.74) is 2.65. The van der Waals surface area contributed by atoms with Crippen LogP contribution in [0.4, 0.5) is 0 Å². The summed E-state index contributed by atoms with van der Waals surface area (Å²) in [4.78, 5) is 18.8. The summed E-state index contributed by atoms with van der Waals surface area (Å²) < 4.78 is 16.3. The molecular weight excluding hydrogens is 356 g/mol. The number of benzene rings is 2. The van der Waals surface area contributed by atoms with E-state index in [1.54, 1.807) is 20.4 Å². The van der Waals surface area contributed by atoms with Crippen LogP contribution in [0, 0.1) is 0 Å². The van der Waals surface area contributed by atoms with Crippen LogP contribution in [0.2, 0.25) is 0 Å². The van der Waals surface area contributed by atoms with E-state index in [1.807, 2.05) is 47.4 Å². The zero-order valence-corrected chi connectivity index (χ0v) is 15.9. The molecule has 1 aromatic heterocycles. The van der Waals surface area contributed by atoms with Gasteiger partial charge in [0.25, 0.3) is 5.91 Å². The number of rotatable bonds is 5. The summed E-state index contributed by atoms with van der Waals surface area (Å²) in [6.45, 7) is 1.37. The molecule has 4 rings (SSSR count). The molecule has 2 heterocycles. The standard InChI is InChI=1S/C22H22N2O4/c1-26-19-5-3-4-18(21(19)27-2)17-10-11-24(13-17)22(25)16-8-6-15(7-9-16)20-12-23-14-28-20/h3-9,12,14,17H,10-11,13H2,1-2H3. The molecule has 1 unspecified atom stereocenters. The third-order valence-corrected chi connectivity index (χ3v) is 5.20. The van der Waals surface area contributed by atoms with Gasteiger partial charge in [-0.15, -0.1) is 0 Å². The molecule has 0 saturated carbocycles. The van der Waals surface area contributed by atoms with Crippen molar-refractivity contribution in [3.8, 4) is 22.8 Å². The minimum atomic E-state index is 0.0356. The number of hydrogen-bond donors (Lipinski definition) is 0. The number of aromatic nitrogens is 1. The highest BCUT2D eigenvalue weighted by Gasteiger charge is 2.30. The molecule has 1 amide bonds. The fraction of sp³-hybridized carbons (Fsp3) is 0.273. The van der Waals surface area contributed by atoms with E-state index in [2.05, 4.69) is 4.98 Å². The Morgan fingerprint density at radius 2 is 1.96 bits per heavy atom. The maximum absolute atomic E-state index is 12.9.